The van der Waals surface area contributed by atoms with Crippen molar-refractivity contribution in [3.63, 3.8) is 0 Å². The fraction of sp³-hybridized carbons (Fsp3) is 0.375. The van der Waals surface area contributed by atoms with Crippen molar-refractivity contribution in [2.24, 2.45) is 5.92 Å². The minimum Gasteiger partial charge on any atom is -0.454 e. The Bertz CT molecular complexity index is 1130. The monoisotopic (exact) mass is 468 g/mol. The summed E-state index contributed by atoms with van der Waals surface area (Å²) in [5.74, 6) is 0.223. The summed E-state index contributed by atoms with van der Waals surface area (Å²) in [5, 5.41) is 5.66. The first-order chi connectivity index (χ1) is 16.3. The number of benzene rings is 2. The van der Waals surface area contributed by atoms with E-state index in [1.807, 2.05) is 4.90 Å². The van der Waals surface area contributed by atoms with E-state index in [-0.39, 0.29) is 31.2 Å². The molecule has 1 atom stereocenters. The molecule has 0 aromatic heterocycles. The van der Waals surface area contributed by atoms with Gasteiger partial charge in [-0.15, -0.1) is 0 Å². The van der Waals surface area contributed by atoms with Crippen LogP contribution in [0.2, 0.25) is 0 Å². The van der Waals surface area contributed by atoms with Gasteiger partial charge in [0.2, 0.25) is 12.7 Å². The van der Waals surface area contributed by atoms with Crippen LogP contribution in [-0.2, 0) is 15.1 Å². The summed E-state index contributed by atoms with van der Waals surface area (Å²) in [7, 11) is 0. The van der Waals surface area contributed by atoms with Crippen LogP contribution in [0.1, 0.15) is 25.3 Å². The summed E-state index contributed by atoms with van der Waals surface area (Å²) >= 11 is 0. The zero-order valence-electron chi connectivity index (χ0n) is 18.7. The molecule has 2 saturated heterocycles. The van der Waals surface area contributed by atoms with Crippen molar-refractivity contribution in [1.29, 1.82) is 0 Å². The zero-order chi connectivity index (χ0) is 23.9. The molecule has 178 valence electrons. The highest BCUT2D eigenvalue weighted by Crippen LogP contribution is 2.35. The molecular weight excluding hydrogens is 443 g/mol. The Morgan fingerprint density at radius 2 is 1.82 bits per heavy atom. The number of carbonyl (C=O) groups is 3. The molecule has 0 saturated carbocycles. The quantitative estimate of drug-likeness (QED) is 0.655. The Balaban J connectivity index is 1.16. The van der Waals surface area contributed by atoms with E-state index in [0.29, 0.717) is 48.7 Å². The van der Waals surface area contributed by atoms with Gasteiger partial charge in [-0.2, -0.15) is 0 Å². The normalized spacial score (nSPS) is 22.7. The van der Waals surface area contributed by atoms with Crippen molar-refractivity contribution in [3.05, 3.63) is 53.8 Å². The van der Waals surface area contributed by atoms with Gasteiger partial charge in [-0.3, -0.25) is 14.5 Å². The van der Waals surface area contributed by atoms with Crippen molar-refractivity contribution >= 4 is 23.5 Å². The van der Waals surface area contributed by atoms with E-state index < -0.39 is 17.4 Å². The van der Waals surface area contributed by atoms with Gasteiger partial charge in [-0.25, -0.2) is 14.1 Å². The molecule has 2 N–H and O–H groups in total. The molecule has 0 radical (unpaired) electrons. The molecule has 34 heavy (non-hydrogen) atoms. The lowest BCUT2D eigenvalue weighted by molar-refractivity contribution is -0.133. The highest BCUT2D eigenvalue weighted by atomic mass is 19.1. The zero-order valence-corrected chi connectivity index (χ0v) is 18.7. The molecule has 9 nitrogen and oxygen atoms in total. The number of hydrogen-bond donors (Lipinski definition) is 2. The molecule has 3 aliphatic rings. The van der Waals surface area contributed by atoms with Gasteiger partial charge in [-0.1, -0.05) is 12.1 Å². The Hall–Kier alpha value is -3.66. The van der Waals surface area contributed by atoms with Crippen LogP contribution in [0.4, 0.5) is 14.9 Å². The van der Waals surface area contributed by atoms with Gasteiger partial charge < -0.3 is 20.1 Å². The van der Waals surface area contributed by atoms with Gasteiger partial charge in [0, 0.05) is 30.8 Å². The molecule has 3 aliphatic heterocycles. The van der Waals surface area contributed by atoms with E-state index in [0.717, 1.165) is 0 Å². The largest absolute Gasteiger partial charge is 0.454 e. The molecule has 2 aromatic rings. The number of carbonyl (C=O) groups excluding carboxylic acids is 3. The summed E-state index contributed by atoms with van der Waals surface area (Å²) in [6.45, 7) is 3.07. The van der Waals surface area contributed by atoms with Crippen LogP contribution < -0.4 is 20.1 Å². The van der Waals surface area contributed by atoms with Crippen LogP contribution in [0.5, 0.6) is 11.5 Å². The van der Waals surface area contributed by atoms with Crippen LogP contribution in [0.15, 0.2) is 42.5 Å². The maximum absolute atomic E-state index is 13.3. The first kappa shape index (κ1) is 22.1. The number of likely N-dealkylation sites (tertiary alicyclic amines) is 1. The number of amides is 4. The smallest absolute Gasteiger partial charge is 0.326 e. The number of hydrogen-bond acceptors (Lipinski definition) is 6. The number of halogens is 1. The average molecular weight is 468 g/mol. The summed E-state index contributed by atoms with van der Waals surface area (Å²) in [5.41, 5.74) is -0.0714. The molecule has 2 aromatic carbocycles. The molecule has 10 heteroatoms. The topological polar surface area (TPSA) is 100 Å². The number of imide groups is 1. The van der Waals surface area contributed by atoms with Crippen molar-refractivity contribution < 1.29 is 28.2 Å². The predicted octanol–water partition coefficient (Wildman–Crippen LogP) is 2.63. The van der Waals surface area contributed by atoms with Gasteiger partial charge >= 0.3 is 6.03 Å². The second kappa shape index (κ2) is 8.60. The minimum absolute atomic E-state index is 0.0719. The number of urea groups is 1. The van der Waals surface area contributed by atoms with E-state index in [1.165, 1.54) is 29.2 Å². The lowest BCUT2D eigenvalue weighted by Gasteiger charge is -2.33. The molecule has 0 spiro atoms. The SMILES string of the molecule is CC1(c2ccc(F)cc2)NC(=O)N(CN2CCC(C(=O)Nc3ccc4c(c3)OCO4)CC2)C1=O. The van der Waals surface area contributed by atoms with Crippen LogP contribution >= 0.6 is 0 Å². The van der Waals surface area contributed by atoms with E-state index in [1.54, 1.807) is 25.1 Å². The fourth-order valence-corrected chi connectivity index (χ4v) is 4.56. The molecule has 2 fully saturated rings. The molecule has 3 heterocycles. The van der Waals surface area contributed by atoms with Crippen molar-refractivity contribution in [3.8, 4) is 11.5 Å². The number of nitrogens with zero attached hydrogens (tertiary/aromatic N) is 2. The highest BCUT2D eigenvalue weighted by Gasteiger charge is 2.49. The van der Waals surface area contributed by atoms with Crippen LogP contribution in [0.3, 0.4) is 0 Å². The third kappa shape index (κ3) is 4.05. The van der Waals surface area contributed by atoms with Gasteiger partial charge in [0.1, 0.15) is 11.4 Å². The van der Waals surface area contributed by atoms with E-state index >= 15 is 0 Å². The number of nitrogens with one attached hydrogen (secondary N) is 2. The van der Waals surface area contributed by atoms with Crippen molar-refractivity contribution in [2.45, 2.75) is 25.3 Å². The second-order valence-corrected chi connectivity index (χ2v) is 8.89. The number of ether oxygens (including phenoxy) is 2. The lowest BCUT2D eigenvalue weighted by atomic mass is 9.92. The summed E-state index contributed by atoms with van der Waals surface area (Å²) in [6, 6.07) is 10.3. The maximum Gasteiger partial charge on any atom is 0.326 e. The predicted molar refractivity (Wildman–Crippen MR) is 119 cm³/mol. The summed E-state index contributed by atoms with van der Waals surface area (Å²) < 4.78 is 23.9. The van der Waals surface area contributed by atoms with Gasteiger partial charge in [0.15, 0.2) is 11.5 Å². The van der Waals surface area contributed by atoms with Crippen LogP contribution in [-0.4, -0.2) is 54.2 Å². The first-order valence-corrected chi connectivity index (χ1v) is 11.2. The maximum atomic E-state index is 13.3. The summed E-state index contributed by atoms with van der Waals surface area (Å²) in [4.78, 5) is 41.6. The second-order valence-electron chi connectivity index (χ2n) is 8.89. The highest BCUT2D eigenvalue weighted by molar-refractivity contribution is 6.07. The Morgan fingerprint density at radius 3 is 2.56 bits per heavy atom. The standard InChI is InChI=1S/C24H25FN4O5/c1-24(16-2-4-17(25)5-3-16)22(31)29(23(32)27-24)13-28-10-8-15(9-11-28)21(30)26-18-6-7-19-20(12-18)34-14-33-19/h2-7,12,15H,8-11,13-14H2,1H3,(H,26,30)(H,27,32). The van der Waals surface area contributed by atoms with Gasteiger partial charge in [-0.05, 0) is 49.6 Å². The third-order valence-electron chi connectivity index (χ3n) is 6.64. The van der Waals surface area contributed by atoms with E-state index in [2.05, 4.69) is 10.6 Å². The minimum atomic E-state index is -1.24. The fourth-order valence-electron chi connectivity index (χ4n) is 4.56. The van der Waals surface area contributed by atoms with E-state index in [4.69, 9.17) is 9.47 Å². The van der Waals surface area contributed by atoms with Gasteiger partial charge in [0.05, 0.1) is 6.67 Å². The average Bonchev–Trinajstić information content (AvgIpc) is 3.38. The van der Waals surface area contributed by atoms with Gasteiger partial charge in [0.25, 0.3) is 5.91 Å². The van der Waals surface area contributed by atoms with E-state index in [9.17, 15) is 18.8 Å². The third-order valence-corrected chi connectivity index (χ3v) is 6.64. The molecule has 4 amide bonds. The molecule has 1 unspecified atom stereocenters. The Morgan fingerprint density at radius 1 is 1.12 bits per heavy atom. The van der Waals surface area contributed by atoms with Crippen molar-refractivity contribution in [2.75, 3.05) is 31.9 Å². The first-order valence-electron chi connectivity index (χ1n) is 11.2. The Kier molecular flexibility index (Phi) is 5.60. The number of piperidine rings is 1. The summed E-state index contributed by atoms with van der Waals surface area (Å²) in [6.07, 6.45) is 1.21. The number of anilines is 1. The molecule has 5 rings (SSSR count). The number of fused-ring (bicyclic) bond motifs is 1. The van der Waals surface area contributed by atoms with Crippen LogP contribution in [0, 0.1) is 11.7 Å². The molecule has 0 aliphatic carbocycles. The molecule has 0 bridgehead atoms. The lowest BCUT2D eigenvalue weighted by Crippen LogP contribution is -2.47. The van der Waals surface area contributed by atoms with Crippen LogP contribution in [0.25, 0.3) is 0 Å². The Labute approximate surface area is 195 Å². The molecular formula is C24H25FN4O5. The number of rotatable bonds is 5. The van der Waals surface area contributed by atoms with Crippen molar-refractivity contribution in [1.82, 2.24) is 15.1 Å².